The first-order chi connectivity index (χ1) is 14.1. The molecule has 0 bridgehead atoms. The fourth-order valence-electron chi connectivity index (χ4n) is 3.49. The number of likely N-dealkylation sites (N-methyl/N-ethyl adjacent to an activating group) is 1. The molecule has 0 radical (unpaired) electrons. The summed E-state index contributed by atoms with van der Waals surface area (Å²) in [6.45, 7) is 4.79. The molecule has 1 amide bonds. The lowest BCUT2D eigenvalue weighted by Crippen LogP contribution is -2.45. The number of hydrogen-bond acceptors (Lipinski definition) is 7. The van der Waals surface area contributed by atoms with Gasteiger partial charge in [0.05, 0.1) is 5.69 Å². The first-order valence-electron chi connectivity index (χ1n) is 9.25. The van der Waals surface area contributed by atoms with Crippen LogP contribution in [0.4, 0.5) is 18.0 Å². The van der Waals surface area contributed by atoms with Gasteiger partial charge in [-0.15, -0.1) is 17.9 Å². The van der Waals surface area contributed by atoms with E-state index in [0.29, 0.717) is 35.4 Å². The molecule has 1 fully saturated rings. The maximum atomic E-state index is 12.7. The van der Waals surface area contributed by atoms with Crippen LogP contribution < -0.4 is 10.4 Å². The monoisotopic (exact) mass is 430 g/mol. The minimum atomic E-state index is -4.89. The number of tetrazole rings is 1. The van der Waals surface area contributed by atoms with Gasteiger partial charge in [-0.25, -0.2) is 9.59 Å². The Morgan fingerprint density at radius 1 is 1.40 bits per heavy atom. The molecule has 0 spiro atoms. The summed E-state index contributed by atoms with van der Waals surface area (Å²) in [4.78, 5) is 28.5. The second kappa shape index (κ2) is 8.44. The average Bonchev–Trinajstić information content (AvgIpc) is 3.27. The van der Waals surface area contributed by atoms with Gasteiger partial charge in [0.25, 0.3) is 0 Å². The lowest BCUT2D eigenvalue weighted by Gasteiger charge is -2.29. The van der Waals surface area contributed by atoms with E-state index in [0.717, 1.165) is 12.1 Å². The molecule has 2 heterocycles. The van der Waals surface area contributed by atoms with Gasteiger partial charge in [-0.3, -0.25) is 4.90 Å². The number of rotatable bonds is 5. The molecule has 164 valence electrons. The van der Waals surface area contributed by atoms with Gasteiger partial charge >= 0.3 is 18.1 Å². The molecule has 1 saturated heterocycles. The molecule has 0 saturated carbocycles. The topological polar surface area (TPSA) is 106 Å². The van der Waals surface area contributed by atoms with Crippen molar-refractivity contribution in [3.63, 3.8) is 0 Å². The minimum Gasteiger partial charge on any atom is -0.406 e. The van der Waals surface area contributed by atoms with Crippen molar-refractivity contribution in [2.24, 2.45) is 0 Å². The number of benzene rings is 1. The summed E-state index contributed by atoms with van der Waals surface area (Å²) in [6.07, 6.45) is -4.95. The number of alkyl halides is 3. The highest BCUT2D eigenvalue weighted by molar-refractivity contribution is 5.75. The Kier molecular flexibility index (Phi) is 6.12. The van der Waals surface area contributed by atoms with E-state index in [9.17, 15) is 27.9 Å². The number of halogens is 3. The molecule has 3 rings (SSSR count). The summed E-state index contributed by atoms with van der Waals surface area (Å²) in [5, 5.41) is 17.0. The zero-order chi connectivity index (χ0) is 22.1. The molecule has 30 heavy (non-hydrogen) atoms. The van der Waals surface area contributed by atoms with E-state index in [4.69, 9.17) is 0 Å². The Labute approximate surface area is 169 Å². The van der Waals surface area contributed by atoms with E-state index in [1.807, 2.05) is 11.8 Å². The van der Waals surface area contributed by atoms with Crippen LogP contribution in [0.25, 0.3) is 5.69 Å². The number of ether oxygens (including phenoxy) is 1. The third-order valence-electron chi connectivity index (χ3n) is 4.81. The van der Waals surface area contributed by atoms with Crippen molar-refractivity contribution in [1.29, 1.82) is 0 Å². The van der Waals surface area contributed by atoms with Crippen LogP contribution in [0.1, 0.15) is 20.3 Å². The fraction of sp³-hybridized carbons (Fsp3) is 0.529. The van der Waals surface area contributed by atoms with Crippen molar-refractivity contribution >= 4 is 6.03 Å². The first-order valence-corrected chi connectivity index (χ1v) is 9.25. The van der Waals surface area contributed by atoms with Crippen LogP contribution in [0.5, 0.6) is 5.75 Å². The normalized spacial score (nSPS) is 18.1. The predicted molar refractivity (Wildman–Crippen MR) is 97.1 cm³/mol. The Morgan fingerprint density at radius 3 is 2.77 bits per heavy atom. The molecule has 13 heteroatoms. The highest BCUT2D eigenvalue weighted by Crippen LogP contribution is 2.24. The number of carbonyl (C=O) groups is 1. The van der Waals surface area contributed by atoms with Crippen LogP contribution in [-0.4, -0.2) is 79.0 Å². The zero-order valence-corrected chi connectivity index (χ0v) is 16.3. The summed E-state index contributed by atoms with van der Waals surface area (Å²) in [5.41, 5.74) is -0.957. The van der Waals surface area contributed by atoms with Gasteiger partial charge < -0.3 is 14.7 Å². The van der Waals surface area contributed by atoms with Gasteiger partial charge in [-0.1, -0.05) is 13.0 Å². The van der Waals surface area contributed by atoms with Crippen LogP contribution in [0.15, 0.2) is 29.1 Å². The Balaban J connectivity index is 1.78. The van der Waals surface area contributed by atoms with Crippen molar-refractivity contribution in [2.75, 3.05) is 19.6 Å². The quantitative estimate of drug-likeness (QED) is 0.558. The van der Waals surface area contributed by atoms with Crippen molar-refractivity contribution in [3.8, 4) is 11.4 Å². The molecule has 1 N–H and O–H groups in total. The van der Waals surface area contributed by atoms with Crippen molar-refractivity contribution < 1.29 is 27.8 Å². The SMILES string of the molecule is CCN(C(C)O)C1CCN(C(=O)n2nnn(-c3cccc(OC(F)(F)F)c3)c2=O)C1. The first kappa shape index (κ1) is 21.8. The van der Waals surface area contributed by atoms with Gasteiger partial charge in [0, 0.05) is 25.2 Å². The summed E-state index contributed by atoms with van der Waals surface area (Å²) in [5.74, 6) is -0.534. The maximum Gasteiger partial charge on any atom is 0.573 e. The minimum absolute atomic E-state index is 0.0358. The van der Waals surface area contributed by atoms with Gasteiger partial charge in [-0.05, 0) is 42.4 Å². The lowest BCUT2D eigenvalue weighted by molar-refractivity contribution is -0.274. The fourth-order valence-corrected chi connectivity index (χ4v) is 3.49. The number of nitrogens with zero attached hydrogens (tertiary/aromatic N) is 6. The Bertz CT molecular complexity index is 957. The highest BCUT2D eigenvalue weighted by Gasteiger charge is 2.34. The smallest absolute Gasteiger partial charge is 0.406 e. The molecular formula is C17H21F3N6O4. The Morgan fingerprint density at radius 2 is 2.13 bits per heavy atom. The molecule has 1 aromatic carbocycles. The summed E-state index contributed by atoms with van der Waals surface area (Å²) in [7, 11) is 0. The van der Waals surface area contributed by atoms with Gasteiger partial charge in [0.15, 0.2) is 0 Å². The summed E-state index contributed by atoms with van der Waals surface area (Å²) in [6, 6.07) is 3.86. The predicted octanol–water partition coefficient (Wildman–Crippen LogP) is 1.03. The largest absolute Gasteiger partial charge is 0.573 e. The molecule has 1 aliphatic heterocycles. The number of amides is 1. The van der Waals surface area contributed by atoms with E-state index in [2.05, 4.69) is 15.2 Å². The van der Waals surface area contributed by atoms with Gasteiger partial charge in [-0.2, -0.15) is 4.68 Å². The molecule has 0 aliphatic carbocycles. The molecule has 10 nitrogen and oxygen atoms in total. The standard InChI is InChI=1S/C17H21F3N6O4/c1-3-24(11(2)27)13-7-8-23(10-13)15(28)26-16(29)25(21-22-26)12-5-4-6-14(9-12)30-17(18,19)20/h4-6,9,11,13,27H,3,7-8,10H2,1-2H3. The number of aromatic nitrogens is 4. The van der Waals surface area contributed by atoms with Crippen LogP contribution in [0.2, 0.25) is 0 Å². The van der Waals surface area contributed by atoms with E-state index in [-0.39, 0.29) is 11.7 Å². The molecular weight excluding hydrogens is 409 g/mol. The van der Waals surface area contributed by atoms with Gasteiger partial charge in [0.1, 0.15) is 12.0 Å². The second-order valence-corrected chi connectivity index (χ2v) is 6.76. The van der Waals surface area contributed by atoms with Crippen LogP contribution in [0, 0.1) is 0 Å². The third-order valence-corrected chi connectivity index (χ3v) is 4.81. The molecule has 1 aliphatic rings. The van der Waals surface area contributed by atoms with E-state index >= 15 is 0 Å². The number of aliphatic hydroxyl groups excluding tert-OH is 1. The molecule has 2 aromatic rings. The number of aliphatic hydroxyl groups is 1. The lowest BCUT2D eigenvalue weighted by atomic mass is 10.2. The summed E-state index contributed by atoms with van der Waals surface area (Å²) < 4.78 is 42.3. The summed E-state index contributed by atoms with van der Waals surface area (Å²) >= 11 is 0. The van der Waals surface area contributed by atoms with Crippen molar-refractivity contribution in [2.45, 2.75) is 38.9 Å². The number of hydrogen-bond donors (Lipinski definition) is 1. The molecule has 2 atom stereocenters. The van der Waals surface area contributed by atoms with Crippen LogP contribution in [0.3, 0.4) is 0 Å². The van der Waals surface area contributed by atoms with Crippen molar-refractivity contribution in [3.05, 3.63) is 34.7 Å². The molecule has 1 aromatic heterocycles. The number of likely N-dealkylation sites (tertiary alicyclic amines) is 1. The molecule has 2 unspecified atom stereocenters. The maximum absolute atomic E-state index is 12.7. The second-order valence-electron chi connectivity index (χ2n) is 6.76. The van der Waals surface area contributed by atoms with Crippen LogP contribution >= 0.6 is 0 Å². The van der Waals surface area contributed by atoms with E-state index < -0.39 is 30.1 Å². The highest BCUT2D eigenvalue weighted by atomic mass is 19.4. The van der Waals surface area contributed by atoms with E-state index in [1.54, 1.807) is 6.92 Å². The average molecular weight is 430 g/mol. The Hall–Kier alpha value is -2.93. The van der Waals surface area contributed by atoms with Crippen LogP contribution in [-0.2, 0) is 0 Å². The van der Waals surface area contributed by atoms with Gasteiger partial charge in [0.2, 0.25) is 0 Å². The third kappa shape index (κ3) is 4.62. The van der Waals surface area contributed by atoms with E-state index in [1.165, 1.54) is 17.0 Å². The zero-order valence-electron chi connectivity index (χ0n) is 16.3. The number of carbonyl (C=O) groups excluding carboxylic acids is 1. The van der Waals surface area contributed by atoms with Crippen molar-refractivity contribution in [1.82, 2.24) is 29.6 Å².